The maximum atomic E-state index is 11.1. The van der Waals surface area contributed by atoms with E-state index >= 15 is 0 Å². The van der Waals surface area contributed by atoms with Crippen LogP contribution in [0.4, 0.5) is 0 Å². The first-order valence-electron chi connectivity index (χ1n) is 8.15. The summed E-state index contributed by atoms with van der Waals surface area (Å²) in [5, 5.41) is 8.43. The summed E-state index contributed by atoms with van der Waals surface area (Å²) in [6.45, 7) is 0. The molecule has 0 radical (unpaired) electrons. The first-order valence-corrected chi connectivity index (χ1v) is 9.68. The first kappa shape index (κ1) is 18.9. The van der Waals surface area contributed by atoms with Crippen LogP contribution in [0.5, 0.6) is 5.75 Å². The molecule has 0 saturated heterocycles. The Kier molecular flexibility index (Phi) is 5.15. The lowest BCUT2D eigenvalue weighted by molar-refractivity contribution is 0.283. The van der Waals surface area contributed by atoms with Crippen molar-refractivity contribution in [2.45, 2.75) is 5.41 Å². The number of benzene rings is 3. The molecule has 0 heterocycles. The van der Waals surface area contributed by atoms with Gasteiger partial charge in [0.2, 0.25) is 0 Å². The third-order valence-electron chi connectivity index (χ3n) is 4.33. The van der Waals surface area contributed by atoms with Crippen LogP contribution in [-0.4, -0.2) is 15.6 Å². The minimum atomic E-state index is -4.65. The number of nitrogens with one attached hydrogen (secondary N) is 1. The van der Waals surface area contributed by atoms with Crippen molar-refractivity contribution in [2.24, 2.45) is 5.73 Å². The summed E-state index contributed by atoms with van der Waals surface area (Å²) in [5.74, 6) is -0.0331. The fraction of sp³-hybridized carbons (Fsp3) is 0.0500. The van der Waals surface area contributed by atoms with E-state index in [4.69, 9.17) is 20.9 Å². The predicted octanol–water partition coefficient (Wildman–Crippen LogP) is 3.43. The molecule has 5 N–H and O–H groups in total. The summed E-state index contributed by atoms with van der Waals surface area (Å²) in [7, 11) is -4.65. The van der Waals surface area contributed by atoms with E-state index in [1.165, 1.54) is 12.1 Å². The smallest absolute Gasteiger partial charge is 0.404 e. The van der Waals surface area contributed by atoms with Crippen LogP contribution in [0.2, 0.25) is 0 Å². The molecule has 0 spiro atoms. The Hall–Kier alpha value is -2.92. The number of hydrogen-bond acceptors (Lipinski definition) is 3. The van der Waals surface area contributed by atoms with Crippen molar-refractivity contribution >= 4 is 13.7 Å². The van der Waals surface area contributed by atoms with Gasteiger partial charge in [-0.2, -0.15) is 0 Å². The highest BCUT2D eigenvalue weighted by Crippen LogP contribution is 2.42. The molecule has 138 valence electrons. The van der Waals surface area contributed by atoms with Crippen LogP contribution in [0, 0.1) is 5.41 Å². The number of phosphoric ester groups is 1. The van der Waals surface area contributed by atoms with Crippen LogP contribution in [0.25, 0.3) is 0 Å². The minimum absolute atomic E-state index is 0.0330. The highest BCUT2D eigenvalue weighted by Gasteiger charge is 2.39. The molecule has 0 aliphatic rings. The molecule has 0 aliphatic heterocycles. The second-order valence-electron chi connectivity index (χ2n) is 6.00. The van der Waals surface area contributed by atoms with E-state index in [0.29, 0.717) is 5.56 Å². The lowest BCUT2D eigenvalue weighted by Crippen LogP contribution is -2.42. The number of rotatable bonds is 6. The van der Waals surface area contributed by atoms with Gasteiger partial charge in [0.25, 0.3) is 0 Å². The maximum absolute atomic E-state index is 11.1. The average Bonchev–Trinajstić information content (AvgIpc) is 2.64. The minimum Gasteiger partial charge on any atom is -0.404 e. The van der Waals surface area contributed by atoms with E-state index in [0.717, 1.165) is 11.1 Å². The van der Waals surface area contributed by atoms with Gasteiger partial charge in [-0.15, -0.1) is 0 Å². The second kappa shape index (κ2) is 7.37. The highest BCUT2D eigenvalue weighted by atomic mass is 31.2. The van der Waals surface area contributed by atoms with E-state index in [1.54, 1.807) is 12.1 Å². The van der Waals surface area contributed by atoms with E-state index < -0.39 is 13.2 Å². The average molecular weight is 382 g/mol. The standard InChI is InChI=1S/C20H19N2O4P/c21-19(22)20(15-7-3-1-4-8-15,16-9-5-2-6-10-16)17-11-13-18(14-12-17)26-27(23,24)25/h1-14H,(H3,21,22)(H2,23,24,25). The maximum Gasteiger partial charge on any atom is 0.524 e. The van der Waals surface area contributed by atoms with Gasteiger partial charge in [-0.1, -0.05) is 72.8 Å². The van der Waals surface area contributed by atoms with Gasteiger partial charge in [0.05, 0.1) is 0 Å². The van der Waals surface area contributed by atoms with Gasteiger partial charge >= 0.3 is 7.82 Å². The van der Waals surface area contributed by atoms with Crippen molar-refractivity contribution in [1.29, 1.82) is 5.41 Å². The number of hydrogen-bond donors (Lipinski definition) is 4. The van der Waals surface area contributed by atoms with Crippen LogP contribution in [-0.2, 0) is 9.98 Å². The van der Waals surface area contributed by atoms with Crippen LogP contribution in [0.1, 0.15) is 16.7 Å². The van der Waals surface area contributed by atoms with E-state index in [1.807, 2.05) is 60.7 Å². The lowest BCUT2D eigenvalue weighted by Gasteiger charge is -2.34. The van der Waals surface area contributed by atoms with Crippen LogP contribution >= 0.6 is 7.82 Å². The van der Waals surface area contributed by atoms with Gasteiger partial charge in [0, 0.05) is 0 Å². The molecule has 3 aromatic rings. The lowest BCUT2D eigenvalue weighted by atomic mass is 9.68. The molecular formula is C20H19N2O4P. The Balaban J connectivity index is 2.22. The molecule has 6 nitrogen and oxygen atoms in total. The van der Waals surface area contributed by atoms with Gasteiger partial charge in [-0.25, -0.2) is 4.57 Å². The third-order valence-corrected chi connectivity index (χ3v) is 4.78. The zero-order chi connectivity index (χ0) is 19.5. The molecule has 0 fully saturated rings. The van der Waals surface area contributed by atoms with Gasteiger partial charge in [-0.3, -0.25) is 15.2 Å². The van der Waals surface area contributed by atoms with Crippen molar-refractivity contribution in [3.8, 4) is 5.75 Å². The summed E-state index contributed by atoms with van der Waals surface area (Å²) in [6, 6.07) is 25.1. The van der Waals surface area contributed by atoms with Gasteiger partial charge < -0.3 is 10.3 Å². The molecule has 0 saturated carbocycles. The molecule has 0 aromatic heterocycles. The van der Waals surface area contributed by atoms with Crippen molar-refractivity contribution in [3.63, 3.8) is 0 Å². The van der Waals surface area contributed by atoms with Gasteiger partial charge in [-0.05, 0) is 28.8 Å². The van der Waals surface area contributed by atoms with E-state index in [9.17, 15) is 4.57 Å². The number of phosphoric acid groups is 1. The largest absolute Gasteiger partial charge is 0.524 e. The zero-order valence-electron chi connectivity index (χ0n) is 14.3. The summed E-state index contributed by atoms with van der Waals surface area (Å²) in [5.41, 5.74) is 7.41. The van der Waals surface area contributed by atoms with Gasteiger partial charge in [0.15, 0.2) is 0 Å². The fourth-order valence-electron chi connectivity index (χ4n) is 3.25. The Morgan fingerprint density at radius 1 is 0.815 bits per heavy atom. The highest BCUT2D eigenvalue weighted by molar-refractivity contribution is 7.46. The van der Waals surface area contributed by atoms with Crippen LogP contribution in [0.3, 0.4) is 0 Å². The van der Waals surface area contributed by atoms with Crippen LogP contribution in [0.15, 0.2) is 84.9 Å². The molecule has 0 amide bonds. The Bertz CT molecular complexity index is 930. The summed E-state index contributed by atoms with van der Waals surface area (Å²) >= 11 is 0. The molecule has 0 unspecified atom stereocenters. The Labute approximate surface area is 157 Å². The molecule has 3 aromatic carbocycles. The Morgan fingerprint density at radius 3 is 1.59 bits per heavy atom. The normalized spacial score (nSPS) is 11.8. The van der Waals surface area contributed by atoms with E-state index in [2.05, 4.69) is 4.52 Å². The molecule has 27 heavy (non-hydrogen) atoms. The molecule has 0 atom stereocenters. The number of nitrogens with two attached hydrogens (primary N) is 1. The SMILES string of the molecule is N=C(N)C(c1ccccc1)(c1ccccc1)c1ccc(OP(=O)(O)O)cc1. The topological polar surface area (TPSA) is 117 Å². The zero-order valence-corrected chi connectivity index (χ0v) is 15.2. The van der Waals surface area contributed by atoms with Gasteiger partial charge in [0.1, 0.15) is 17.0 Å². The second-order valence-corrected chi connectivity index (χ2v) is 7.17. The van der Waals surface area contributed by atoms with Crippen molar-refractivity contribution < 1.29 is 18.9 Å². The number of amidine groups is 1. The Morgan fingerprint density at radius 2 is 1.22 bits per heavy atom. The molecule has 0 bridgehead atoms. The molecular weight excluding hydrogens is 363 g/mol. The summed E-state index contributed by atoms with van der Waals surface area (Å²) in [6.07, 6.45) is 0. The monoisotopic (exact) mass is 382 g/mol. The van der Waals surface area contributed by atoms with Crippen LogP contribution < -0.4 is 10.3 Å². The quantitative estimate of drug-likeness (QED) is 0.226. The molecule has 7 heteroatoms. The molecule has 3 rings (SSSR count). The van der Waals surface area contributed by atoms with Crippen molar-refractivity contribution in [3.05, 3.63) is 102 Å². The first-order chi connectivity index (χ1) is 12.8. The third kappa shape index (κ3) is 3.78. The van der Waals surface area contributed by atoms with Crippen molar-refractivity contribution in [1.82, 2.24) is 0 Å². The molecule has 0 aliphatic carbocycles. The van der Waals surface area contributed by atoms with Crippen molar-refractivity contribution in [2.75, 3.05) is 0 Å². The summed E-state index contributed by atoms with van der Waals surface area (Å²) in [4.78, 5) is 18.0. The summed E-state index contributed by atoms with van der Waals surface area (Å²) < 4.78 is 15.7. The fourth-order valence-corrected chi connectivity index (χ4v) is 3.64. The van der Waals surface area contributed by atoms with E-state index in [-0.39, 0.29) is 11.6 Å². The predicted molar refractivity (Wildman–Crippen MR) is 104 cm³/mol.